The minimum atomic E-state index is -1.26. The Balaban J connectivity index is 0.00000131. The zero-order valence-electron chi connectivity index (χ0n) is 19.9. The van der Waals surface area contributed by atoms with Crippen LogP contribution in [0.1, 0.15) is 32.3 Å². The fraction of sp³-hybridized carbons (Fsp3) is 0.455. The molecule has 1 unspecified atom stereocenters. The molecular formula is C22H30N4O10. The molecule has 0 aliphatic carbocycles. The maximum absolute atomic E-state index is 11.7. The average molecular weight is 511 g/mol. The van der Waals surface area contributed by atoms with E-state index in [1.165, 1.54) is 0 Å². The molecule has 0 saturated heterocycles. The highest BCUT2D eigenvalue weighted by Crippen LogP contribution is 2.16. The number of hydrogen-bond acceptors (Lipinski definition) is 10. The number of nitrogens with zero attached hydrogens (tertiary/aromatic N) is 2. The van der Waals surface area contributed by atoms with Gasteiger partial charge in [0.2, 0.25) is 5.91 Å². The van der Waals surface area contributed by atoms with E-state index >= 15 is 0 Å². The van der Waals surface area contributed by atoms with Crippen LogP contribution in [0.2, 0.25) is 0 Å². The van der Waals surface area contributed by atoms with E-state index in [9.17, 15) is 29.6 Å². The molecule has 1 aromatic carbocycles. The number of nitrogens with one attached hydrogen (secondary N) is 2. The summed E-state index contributed by atoms with van der Waals surface area (Å²) in [5.41, 5.74) is -0.0900. The number of hydrogen-bond donors (Lipinski definition) is 5. The number of aliphatic carboxylic acids is 2. The number of benzene rings is 1. The fourth-order valence-electron chi connectivity index (χ4n) is 2.31. The largest absolute Gasteiger partial charge is 0.489 e. The zero-order valence-corrected chi connectivity index (χ0v) is 19.9. The van der Waals surface area contributed by atoms with Crippen molar-refractivity contribution in [1.82, 2.24) is 10.6 Å². The SMILES string of the molecule is CC(C)(CNC(=O)CCCO[N+](=O)[O-])NCC(O)COc1ccccc1C#N.O=C(O)/C=C/C(=O)O. The zero-order chi connectivity index (χ0) is 27.6. The van der Waals surface area contributed by atoms with E-state index in [4.69, 9.17) is 20.2 Å². The van der Waals surface area contributed by atoms with E-state index in [-0.39, 0.29) is 38.5 Å². The van der Waals surface area contributed by atoms with E-state index in [1.54, 1.807) is 24.3 Å². The number of β-amino-alcohol motifs (C(OH)–C–C–N with tert-alkyl or cyclic N) is 1. The van der Waals surface area contributed by atoms with Crippen LogP contribution in [0.4, 0.5) is 0 Å². The lowest BCUT2D eigenvalue weighted by molar-refractivity contribution is -0.757. The third-order valence-corrected chi connectivity index (χ3v) is 4.10. The Morgan fingerprint density at radius 3 is 2.39 bits per heavy atom. The number of carbonyl (C=O) groups excluding carboxylic acids is 1. The van der Waals surface area contributed by atoms with E-state index in [1.807, 2.05) is 19.9 Å². The number of ether oxygens (including phenoxy) is 1. The number of carbonyl (C=O) groups is 3. The Morgan fingerprint density at radius 1 is 1.22 bits per heavy atom. The molecule has 0 spiro atoms. The van der Waals surface area contributed by atoms with Gasteiger partial charge >= 0.3 is 11.9 Å². The van der Waals surface area contributed by atoms with Crippen molar-refractivity contribution in [3.05, 3.63) is 52.1 Å². The average Bonchev–Trinajstić information content (AvgIpc) is 2.82. The molecule has 0 fully saturated rings. The second-order valence-corrected chi connectivity index (χ2v) is 7.78. The van der Waals surface area contributed by atoms with Gasteiger partial charge in [0.25, 0.3) is 5.09 Å². The van der Waals surface area contributed by atoms with Gasteiger partial charge in [0, 0.05) is 37.2 Å². The van der Waals surface area contributed by atoms with Gasteiger partial charge in [-0.3, -0.25) is 4.79 Å². The molecule has 1 aromatic rings. The number of carboxylic acids is 2. The second-order valence-electron chi connectivity index (χ2n) is 7.78. The van der Waals surface area contributed by atoms with Gasteiger partial charge < -0.3 is 35.5 Å². The predicted molar refractivity (Wildman–Crippen MR) is 124 cm³/mol. The Kier molecular flexibility index (Phi) is 15.2. The number of aliphatic hydroxyl groups excluding tert-OH is 1. The predicted octanol–water partition coefficient (Wildman–Crippen LogP) is 0.483. The maximum atomic E-state index is 11.7. The molecule has 0 aliphatic heterocycles. The fourth-order valence-corrected chi connectivity index (χ4v) is 2.31. The summed E-state index contributed by atoms with van der Waals surface area (Å²) >= 11 is 0. The third-order valence-electron chi connectivity index (χ3n) is 4.10. The molecule has 0 aromatic heterocycles. The standard InChI is InChI=1S/C18H26N4O6.C4H4O4/c1-18(2,13-20-17(24)8-5-9-28-22(25)26)21-11-15(23)12-27-16-7-4-3-6-14(16)10-19;5-3(6)1-2-4(7)8/h3-4,6-7,15,21,23H,5,8-9,11-13H2,1-2H3,(H,20,24);1-2H,(H,5,6)(H,7,8)/b;2-1+. The first-order valence-electron chi connectivity index (χ1n) is 10.6. The summed E-state index contributed by atoms with van der Waals surface area (Å²) in [4.78, 5) is 45.0. The molecule has 0 bridgehead atoms. The van der Waals surface area contributed by atoms with Crippen molar-refractivity contribution in [2.75, 3.05) is 26.3 Å². The molecule has 198 valence electrons. The molecule has 1 atom stereocenters. The van der Waals surface area contributed by atoms with Gasteiger partial charge in [-0.05, 0) is 32.4 Å². The summed E-state index contributed by atoms with van der Waals surface area (Å²) in [7, 11) is 0. The van der Waals surface area contributed by atoms with Gasteiger partial charge in [-0.15, -0.1) is 10.1 Å². The van der Waals surface area contributed by atoms with Crippen LogP contribution in [0.3, 0.4) is 0 Å². The quantitative estimate of drug-likeness (QED) is 0.0941. The lowest BCUT2D eigenvalue weighted by atomic mass is 10.1. The normalized spacial score (nSPS) is 11.4. The summed E-state index contributed by atoms with van der Waals surface area (Å²) < 4.78 is 5.48. The van der Waals surface area contributed by atoms with Crippen LogP contribution in [0, 0.1) is 21.4 Å². The van der Waals surface area contributed by atoms with Crippen molar-refractivity contribution >= 4 is 17.8 Å². The Labute approximate surface area is 207 Å². The summed E-state index contributed by atoms with van der Waals surface area (Å²) in [6, 6.07) is 8.80. The summed E-state index contributed by atoms with van der Waals surface area (Å²) in [6.07, 6.45) is 0.686. The monoisotopic (exact) mass is 510 g/mol. The van der Waals surface area contributed by atoms with Crippen LogP contribution in [-0.2, 0) is 19.2 Å². The van der Waals surface area contributed by atoms with Crippen LogP contribution in [0.5, 0.6) is 5.75 Å². The van der Waals surface area contributed by atoms with Crippen molar-refractivity contribution < 1.29 is 44.4 Å². The molecule has 14 heteroatoms. The van der Waals surface area contributed by atoms with E-state index < -0.39 is 28.7 Å². The molecule has 5 N–H and O–H groups in total. The van der Waals surface area contributed by atoms with Crippen molar-refractivity contribution in [2.45, 2.75) is 38.3 Å². The number of aliphatic hydroxyl groups is 1. The number of nitriles is 1. The minimum Gasteiger partial charge on any atom is -0.489 e. The Bertz CT molecular complexity index is 927. The van der Waals surface area contributed by atoms with Crippen LogP contribution in [0.15, 0.2) is 36.4 Å². The molecule has 0 heterocycles. The van der Waals surface area contributed by atoms with Crippen LogP contribution in [0.25, 0.3) is 0 Å². The van der Waals surface area contributed by atoms with Crippen LogP contribution in [-0.4, -0.2) is 76.2 Å². The van der Waals surface area contributed by atoms with Gasteiger partial charge in [0.1, 0.15) is 24.5 Å². The van der Waals surface area contributed by atoms with Gasteiger partial charge in [0.05, 0.1) is 12.2 Å². The lowest BCUT2D eigenvalue weighted by Crippen LogP contribution is -2.51. The highest BCUT2D eigenvalue weighted by Gasteiger charge is 2.20. The highest BCUT2D eigenvalue weighted by atomic mass is 16.9. The van der Waals surface area contributed by atoms with Crippen LogP contribution >= 0.6 is 0 Å². The highest BCUT2D eigenvalue weighted by molar-refractivity contribution is 5.89. The number of carboxylic acid groups (broad SMARTS) is 2. The first kappa shape index (κ1) is 31.8. The van der Waals surface area contributed by atoms with Gasteiger partial charge in [-0.25, -0.2) is 9.59 Å². The number of amides is 1. The van der Waals surface area contributed by atoms with Crippen molar-refractivity contribution in [3.63, 3.8) is 0 Å². The first-order valence-corrected chi connectivity index (χ1v) is 10.6. The summed E-state index contributed by atoms with van der Waals surface area (Å²) in [5, 5.41) is 49.7. The molecule has 14 nitrogen and oxygen atoms in total. The minimum absolute atomic E-state index is 0.0184. The number of para-hydroxylation sites is 1. The molecule has 0 saturated carbocycles. The molecular weight excluding hydrogens is 480 g/mol. The Hall–Kier alpha value is -4.22. The molecule has 1 rings (SSSR count). The van der Waals surface area contributed by atoms with E-state index in [2.05, 4.69) is 15.5 Å². The van der Waals surface area contributed by atoms with Crippen LogP contribution < -0.4 is 15.4 Å². The summed E-state index contributed by atoms with van der Waals surface area (Å²) in [5.74, 6) is -2.34. The van der Waals surface area contributed by atoms with Gasteiger partial charge in [-0.1, -0.05) is 12.1 Å². The molecule has 36 heavy (non-hydrogen) atoms. The van der Waals surface area contributed by atoms with E-state index in [0.717, 1.165) is 0 Å². The van der Waals surface area contributed by atoms with Gasteiger partial charge in [-0.2, -0.15) is 5.26 Å². The molecule has 0 aliphatic rings. The molecule has 0 radical (unpaired) electrons. The van der Waals surface area contributed by atoms with Crippen molar-refractivity contribution in [3.8, 4) is 11.8 Å². The molecule has 1 amide bonds. The smallest absolute Gasteiger partial charge is 0.328 e. The van der Waals surface area contributed by atoms with Gasteiger partial charge in [0.15, 0.2) is 0 Å². The van der Waals surface area contributed by atoms with E-state index in [0.29, 0.717) is 30.0 Å². The summed E-state index contributed by atoms with van der Waals surface area (Å²) in [6.45, 7) is 4.16. The lowest BCUT2D eigenvalue weighted by Gasteiger charge is -2.28. The Morgan fingerprint density at radius 2 is 1.83 bits per heavy atom. The third kappa shape index (κ3) is 17.3. The van der Waals surface area contributed by atoms with Crippen molar-refractivity contribution in [1.29, 1.82) is 5.26 Å². The van der Waals surface area contributed by atoms with Crippen molar-refractivity contribution in [2.24, 2.45) is 0 Å². The number of rotatable bonds is 15. The topological polar surface area (TPSA) is 221 Å². The second kappa shape index (κ2) is 17.2. The first-order chi connectivity index (χ1) is 16.9. The maximum Gasteiger partial charge on any atom is 0.328 e.